The molecule has 1 heterocycles. The van der Waals surface area contributed by atoms with Crippen LogP contribution in [0.15, 0.2) is 36.5 Å². The summed E-state index contributed by atoms with van der Waals surface area (Å²) in [5.41, 5.74) is -0.422. The number of halogens is 1. The maximum Gasteiger partial charge on any atom is 0.306 e. The highest BCUT2D eigenvalue weighted by Crippen LogP contribution is 2.34. The number of pyridine rings is 1. The van der Waals surface area contributed by atoms with Gasteiger partial charge in [0.15, 0.2) is 0 Å². The van der Waals surface area contributed by atoms with E-state index in [9.17, 15) is 9.18 Å². The lowest BCUT2D eigenvalue weighted by atomic mass is 9.80. The smallest absolute Gasteiger partial charge is 0.306 e. The zero-order valence-corrected chi connectivity index (χ0v) is 13.0. The topological polar surface area (TPSA) is 62.2 Å². The third-order valence-corrected chi connectivity index (χ3v) is 4.67. The zero-order chi connectivity index (χ0) is 16.3. The average Bonchev–Trinajstić information content (AvgIpc) is 2.55. The molecule has 1 aromatic carbocycles. The van der Waals surface area contributed by atoms with Crippen LogP contribution in [-0.2, 0) is 11.3 Å². The molecule has 0 unspecified atom stereocenters. The Hall–Kier alpha value is -2.01. The van der Waals surface area contributed by atoms with Gasteiger partial charge in [-0.1, -0.05) is 24.3 Å². The van der Waals surface area contributed by atoms with E-state index in [4.69, 9.17) is 5.11 Å². The summed E-state index contributed by atoms with van der Waals surface area (Å²) in [5, 5.41) is 14.3. The van der Waals surface area contributed by atoms with Gasteiger partial charge in [-0.3, -0.25) is 9.78 Å². The molecule has 1 aromatic heterocycles. The van der Waals surface area contributed by atoms with Crippen molar-refractivity contribution in [3.05, 3.63) is 42.2 Å². The molecule has 0 atom stereocenters. The van der Waals surface area contributed by atoms with Crippen molar-refractivity contribution in [1.29, 1.82) is 0 Å². The van der Waals surface area contributed by atoms with E-state index in [2.05, 4.69) is 10.3 Å². The van der Waals surface area contributed by atoms with E-state index in [1.165, 1.54) is 0 Å². The number of aromatic nitrogens is 1. The lowest BCUT2D eigenvalue weighted by Crippen LogP contribution is -2.40. The van der Waals surface area contributed by atoms with E-state index >= 15 is 0 Å². The van der Waals surface area contributed by atoms with Crippen LogP contribution in [0.4, 0.5) is 4.39 Å². The molecule has 0 radical (unpaired) electrons. The Labute approximate surface area is 134 Å². The van der Waals surface area contributed by atoms with Crippen LogP contribution >= 0.6 is 0 Å². The van der Waals surface area contributed by atoms with Crippen LogP contribution < -0.4 is 5.32 Å². The molecule has 0 saturated heterocycles. The molecule has 122 valence electrons. The van der Waals surface area contributed by atoms with E-state index in [-0.39, 0.29) is 12.5 Å². The van der Waals surface area contributed by atoms with Crippen molar-refractivity contribution >= 4 is 16.7 Å². The van der Waals surface area contributed by atoms with Gasteiger partial charge in [-0.25, -0.2) is 4.39 Å². The van der Waals surface area contributed by atoms with Crippen molar-refractivity contribution in [2.45, 2.75) is 37.9 Å². The third-order valence-electron chi connectivity index (χ3n) is 4.67. The molecule has 2 N–H and O–H groups in total. The number of alkyl halides is 1. The number of benzene rings is 1. The van der Waals surface area contributed by atoms with Gasteiger partial charge < -0.3 is 10.4 Å². The highest BCUT2D eigenvalue weighted by atomic mass is 19.1. The van der Waals surface area contributed by atoms with Gasteiger partial charge in [-0.15, -0.1) is 0 Å². The Bertz CT molecular complexity index is 696. The Morgan fingerprint density at radius 3 is 2.70 bits per heavy atom. The summed E-state index contributed by atoms with van der Waals surface area (Å²) >= 11 is 0. The molecule has 23 heavy (non-hydrogen) atoms. The minimum absolute atomic E-state index is 0.244. The van der Waals surface area contributed by atoms with Crippen LogP contribution in [0, 0.1) is 5.92 Å². The van der Waals surface area contributed by atoms with Crippen molar-refractivity contribution in [3.63, 3.8) is 0 Å². The van der Waals surface area contributed by atoms with Gasteiger partial charge in [-0.2, -0.15) is 0 Å². The fraction of sp³-hybridized carbons (Fsp3) is 0.444. The SMILES string of the molecule is O=C(O)C1CCC(F)(CNCc2cc3ccccc3cn2)CC1. The van der Waals surface area contributed by atoms with Crippen molar-refractivity contribution in [1.82, 2.24) is 10.3 Å². The third kappa shape index (κ3) is 3.85. The Morgan fingerprint density at radius 2 is 2.00 bits per heavy atom. The predicted octanol–water partition coefficient (Wildman–Crippen LogP) is 3.31. The quantitative estimate of drug-likeness (QED) is 0.888. The minimum Gasteiger partial charge on any atom is -0.481 e. The number of fused-ring (bicyclic) bond motifs is 1. The fourth-order valence-electron chi connectivity index (χ4n) is 3.20. The minimum atomic E-state index is -1.30. The van der Waals surface area contributed by atoms with Crippen molar-refractivity contribution in [2.24, 2.45) is 5.92 Å². The summed E-state index contributed by atoms with van der Waals surface area (Å²) in [7, 11) is 0. The van der Waals surface area contributed by atoms with Crippen molar-refractivity contribution < 1.29 is 14.3 Å². The van der Waals surface area contributed by atoms with Gasteiger partial charge in [0.2, 0.25) is 0 Å². The van der Waals surface area contributed by atoms with Gasteiger partial charge in [-0.05, 0) is 37.1 Å². The number of rotatable bonds is 5. The molecule has 3 rings (SSSR count). The van der Waals surface area contributed by atoms with E-state index in [0.717, 1.165) is 16.5 Å². The monoisotopic (exact) mass is 316 g/mol. The lowest BCUT2D eigenvalue weighted by molar-refractivity contribution is -0.143. The summed E-state index contributed by atoms with van der Waals surface area (Å²) in [5.74, 6) is -1.19. The van der Waals surface area contributed by atoms with Gasteiger partial charge in [0.25, 0.3) is 0 Å². The molecule has 5 heteroatoms. The van der Waals surface area contributed by atoms with Crippen LogP contribution in [0.5, 0.6) is 0 Å². The van der Waals surface area contributed by atoms with E-state index < -0.39 is 11.6 Å². The molecule has 1 saturated carbocycles. The number of nitrogens with one attached hydrogen (secondary N) is 1. The number of carbonyl (C=O) groups is 1. The number of nitrogens with zero attached hydrogens (tertiary/aromatic N) is 1. The summed E-state index contributed by atoms with van der Waals surface area (Å²) in [6.45, 7) is 0.757. The largest absolute Gasteiger partial charge is 0.481 e. The van der Waals surface area contributed by atoms with Crippen molar-refractivity contribution in [3.8, 4) is 0 Å². The number of carboxylic acid groups (broad SMARTS) is 1. The first kappa shape index (κ1) is 15.9. The summed E-state index contributed by atoms with van der Waals surface area (Å²) in [6.07, 6.45) is 3.28. The number of carboxylic acids is 1. The predicted molar refractivity (Wildman–Crippen MR) is 86.9 cm³/mol. The molecule has 0 spiro atoms. The molecule has 1 aliphatic carbocycles. The number of aliphatic carboxylic acids is 1. The maximum atomic E-state index is 14.7. The highest BCUT2D eigenvalue weighted by Gasteiger charge is 2.37. The number of hydrogen-bond acceptors (Lipinski definition) is 3. The molecule has 2 aromatic rings. The normalized spacial score (nSPS) is 24.7. The van der Waals surface area contributed by atoms with Crippen molar-refractivity contribution in [2.75, 3.05) is 6.54 Å². The Morgan fingerprint density at radius 1 is 1.30 bits per heavy atom. The van der Waals surface area contributed by atoms with Crippen LogP contribution in [-0.4, -0.2) is 28.3 Å². The second kappa shape index (κ2) is 6.62. The first-order chi connectivity index (χ1) is 11.1. The number of hydrogen-bond donors (Lipinski definition) is 2. The molecule has 0 amide bonds. The highest BCUT2D eigenvalue weighted by molar-refractivity contribution is 5.81. The zero-order valence-electron chi connectivity index (χ0n) is 13.0. The van der Waals surface area contributed by atoms with Gasteiger partial charge in [0.05, 0.1) is 11.6 Å². The Balaban J connectivity index is 1.53. The van der Waals surface area contributed by atoms with Gasteiger partial charge >= 0.3 is 5.97 Å². The van der Waals surface area contributed by atoms with E-state index in [0.29, 0.717) is 32.2 Å². The van der Waals surface area contributed by atoms with Gasteiger partial charge in [0.1, 0.15) is 5.67 Å². The lowest BCUT2D eigenvalue weighted by Gasteiger charge is -2.32. The van der Waals surface area contributed by atoms with Crippen LogP contribution in [0.3, 0.4) is 0 Å². The van der Waals surface area contributed by atoms with Crippen LogP contribution in [0.1, 0.15) is 31.4 Å². The van der Waals surface area contributed by atoms with E-state index in [1.807, 2.05) is 36.5 Å². The molecule has 0 bridgehead atoms. The fourth-order valence-corrected chi connectivity index (χ4v) is 3.20. The molecule has 1 aliphatic rings. The standard InChI is InChI=1S/C18H21FN2O2/c19-18(7-5-13(6-8-18)17(22)23)12-20-11-16-9-14-3-1-2-4-15(14)10-21-16/h1-4,9-10,13,20H,5-8,11-12H2,(H,22,23). The molecular weight excluding hydrogens is 295 g/mol. The summed E-state index contributed by atoms with van der Waals surface area (Å²) < 4.78 is 14.7. The molecule has 1 fully saturated rings. The molecule has 0 aliphatic heterocycles. The Kier molecular flexibility index (Phi) is 4.57. The maximum absolute atomic E-state index is 14.7. The second-order valence-electron chi connectivity index (χ2n) is 6.39. The summed E-state index contributed by atoms with van der Waals surface area (Å²) in [4.78, 5) is 15.3. The first-order valence-corrected chi connectivity index (χ1v) is 8.02. The van der Waals surface area contributed by atoms with E-state index in [1.54, 1.807) is 0 Å². The van der Waals surface area contributed by atoms with Gasteiger partial charge in [0, 0.05) is 24.7 Å². The van der Waals surface area contributed by atoms with Crippen LogP contribution in [0.25, 0.3) is 10.8 Å². The first-order valence-electron chi connectivity index (χ1n) is 8.02. The van der Waals surface area contributed by atoms with Crippen LogP contribution in [0.2, 0.25) is 0 Å². The molecule has 4 nitrogen and oxygen atoms in total. The summed E-state index contributed by atoms with van der Waals surface area (Å²) in [6, 6.07) is 10.0. The average molecular weight is 316 g/mol. The second-order valence-corrected chi connectivity index (χ2v) is 6.39. The molecular formula is C18H21FN2O2.